The fourth-order valence-corrected chi connectivity index (χ4v) is 4.28. The molecule has 9 heteroatoms. The van der Waals surface area contributed by atoms with E-state index in [0.29, 0.717) is 47.0 Å². The lowest BCUT2D eigenvalue weighted by molar-refractivity contribution is -0.384. The van der Waals surface area contributed by atoms with Crippen molar-refractivity contribution in [2.75, 3.05) is 25.7 Å². The predicted molar refractivity (Wildman–Crippen MR) is 131 cm³/mol. The number of hydrogen-bond donors (Lipinski definition) is 0. The number of benzene rings is 3. The summed E-state index contributed by atoms with van der Waals surface area (Å²) in [6, 6.07) is 19.4. The van der Waals surface area contributed by atoms with E-state index < -0.39 is 4.92 Å². The first-order valence-electron chi connectivity index (χ1n) is 11.0. The maximum Gasteiger partial charge on any atom is 0.271 e. The van der Waals surface area contributed by atoms with E-state index in [9.17, 15) is 14.9 Å². The Morgan fingerprint density at radius 3 is 2.54 bits per heavy atom. The largest absolute Gasteiger partial charge is 0.497 e. The molecule has 0 unspecified atom stereocenters. The number of nitrogens with zero attached hydrogens (tertiary/aromatic N) is 4. The van der Waals surface area contributed by atoms with Crippen LogP contribution in [0, 0.1) is 10.1 Å². The van der Waals surface area contributed by atoms with Crippen molar-refractivity contribution in [3.8, 4) is 28.4 Å². The first kappa shape index (κ1) is 22.1. The van der Waals surface area contributed by atoms with Gasteiger partial charge in [-0.1, -0.05) is 24.3 Å². The highest BCUT2D eigenvalue weighted by molar-refractivity contribution is 6.11. The third-order valence-electron chi connectivity index (χ3n) is 6.05. The second-order valence-electron chi connectivity index (χ2n) is 8.01. The van der Waals surface area contributed by atoms with Gasteiger partial charge in [-0.25, -0.2) is 4.68 Å². The summed E-state index contributed by atoms with van der Waals surface area (Å²) < 4.78 is 12.6. The Bertz CT molecular complexity index is 1430. The van der Waals surface area contributed by atoms with Gasteiger partial charge >= 0.3 is 0 Å². The molecule has 0 atom stereocenters. The third-order valence-corrected chi connectivity index (χ3v) is 6.05. The Hall–Kier alpha value is -4.66. The van der Waals surface area contributed by atoms with Crippen molar-refractivity contribution >= 4 is 17.3 Å². The Labute approximate surface area is 201 Å². The second-order valence-corrected chi connectivity index (χ2v) is 8.01. The van der Waals surface area contributed by atoms with Gasteiger partial charge in [0.2, 0.25) is 0 Å². The summed E-state index contributed by atoms with van der Waals surface area (Å²) in [5.41, 5.74) is 3.53. The number of fused-ring (bicyclic) bond motifs is 1. The lowest BCUT2D eigenvalue weighted by Gasteiger charge is -2.17. The average molecular weight is 470 g/mol. The molecule has 0 saturated heterocycles. The number of methoxy groups -OCH3 is 2. The number of nitro benzene ring substituents is 1. The van der Waals surface area contributed by atoms with Crippen molar-refractivity contribution in [1.29, 1.82) is 0 Å². The molecule has 0 bridgehead atoms. The summed E-state index contributed by atoms with van der Waals surface area (Å²) in [4.78, 5) is 26.4. The van der Waals surface area contributed by atoms with Gasteiger partial charge in [0.05, 0.1) is 36.1 Å². The number of rotatable bonds is 6. The lowest BCUT2D eigenvalue weighted by atomic mass is 10.1. The van der Waals surface area contributed by atoms with Gasteiger partial charge in [-0.05, 0) is 42.3 Å². The Morgan fingerprint density at radius 2 is 1.83 bits per heavy atom. The summed E-state index contributed by atoms with van der Waals surface area (Å²) in [5, 5.41) is 16.1. The number of hydrogen-bond acceptors (Lipinski definition) is 6. The number of ether oxygens (including phenoxy) is 2. The van der Waals surface area contributed by atoms with Crippen LogP contribution >= 0.6 is 0 Å². The van der Waals surface area contributed by atoms with Crippen LogP contribution in [0.4, 0.5) is 11.4 Å². The zero-order valence-electron chi connectivity index (χ0n) is 19.2. The first-order valence-corrected chi connectivity index (χ1v) is 11.0. The molecule has 0 fully saturated rings. The number of carbonyl (C=O) groups excluding carboxylic acids is 1. The number of aromatic nitrogens is 2. The molecule has 0 N–H and O–H groups in total. The summed E-state index contributed by atoms with van der Waals surface area (Å²) in [5.74, 6) is 0.831. The van der Waals surface area contributed by atoms with Crippen molar-refractivity contribution < 1.29 is 19.2 Å². The molecule has 3 aromatic carbocycles. The van der Waals surface area contributed by atoms with Gasteiger partial charge in [0.25, 0.3) is 11.6 Å². The SMILES string of the molecule is COc1ccc(OC)c(-c2nn(-c3ccccc3)cc2C(=O)N2CCc3ccc([N+](=O)[O-])cc32)c1. The molecule has 2 heterocycles. The van der Waals surface area contributed by atoms with Crippen LogP contribution in [0.15, 0.2) is 72.9 Å². The van der Waals surface area contributed by atoms with Gasteiger partial charge in [0.1, 0.15) is 17.2 Å². The minimum Gasteiger partial charge on any atom is -0.497 e. The zero-order valence-corrected chi connectivity index (χ0v) is 19.2. The first-order chi connectivity index (χ1) is 17.0. The molecule has 35 heavy (non-hydrogen) atoms. The summed E-state index contributed by atoms with van der Waals surface area (Å²) in [6.45, 7) is 0.417. The van der Waals surface area contributed by atoms with Crippen molar-refractivity contribution in [2.45, 2.75) is 6.42 Å². The van der Waals surface area contributed by atoms with E-state index in [4.69, 9.17) is 14.6 Å². The van der Waals surface area contributed by atoms with Crippen molar-refractivity contribution in [2.24, 2.45) is 0 Å². The highest BCUT2D eigenvalue weighted by Crippen LogP contribution is 2.38. The molecule has 0 radical (unpaired) electrons. The highest BCUT2D eigenvalue weighted by atomic mass is 16.6. The third kappa shape index (κ3) is 3.97. The number of carbonyl (C=O) groups is 1. The minimum atomic E-state index is -0.457. The molecule has 1 amide bonds. The average Bonchev–Trinajstić information content (AvgIpc) is 3.53. The van der Waals surface area contributed by atoms with E-state index in [0.717, 1.165) is 11.3 Å². The van der Waals surface area contributed by atoms with Crippen molar-refractivity contribution in [3.05, 3.63) is 94.2 Å². The molecule has 1 aliphatic heterocycles. The summed E-state index contributed by atoms with van der Waals surface area (Å²) >= 11 is 0. The van der Waals surface area contributed by atoms with Gasteiger partial charge in [0.15, 0.2) is 0 Å². The van der Waals surface area contributed by atoms with Crippen LogP contribution in [0.3, 0.4) is 0 Å². The van der Waals surface area contributed by atoms with Crippen molar-refractivity contribution in [3.63, 3.8) is 0 Å². The molecule has 0 aliphatic carbocycles. The Balaban J connectivity index is 1.66. The number of nitro groups is 1. The molecular formula is C26H22N4O5. The lowest BCUT2D eigenvalue weighted by Crippen LogP contribution is -2.29. The van der Waals surface area contributed by atoms with Crippen LogP contribution in [-0.4, -0.2) is 41.4 Å². The van der Waals surface area contributed by atoms with E-state index in [2.05, 4.69) is 0 Å². The molecule has 0 spiro atoms. The summed E-state index contributed by atoms with van der Waals surface area (Å²) in [7, 11) is 3.12. The number of para-hydroxylation sites is 1. The Morgan fingerprint density at radius 1 is 1.03 bits per heavy atom. The molecule has 1 aromatic heterocycles. The molecule has 5 rings (SSSR count). The monoisotopic (exact) mass is 470 g/mol. The fourth-order valence-electron chi connectivity index (χ4n) is 4.28. The second kappa shape index (κ2) is 8.94. The highest BCUT2D eigenvalue weighted by Gasteiger charge is 2.31. The topological polar surface area (TPSA) is 99.7 Å². The standard InChI is InChI=1S/C26H22N4O5/c1-34-20-10-11-24(35-2)21(15-20)25-22(16-29(27-25)18-6-4-3-5-7-18)26(31)28-13-12-17-8-9-19(30(32)33)14-23(17)28/h3-11,14-16H,12-13H2,1-2H3. The van der Waals surface area contributed by atoms with Gasteiger partial charge < -0.3 is 14.4 Å². The van der Waals surface area contributed by atoms with E-state index in [1.165, 1.54) is 12.1 Å². The number of amides is 1. The van der Waals surface area contributed by atoms with Crippen molar-refractivity contribution in [1.82, 2.24) is 9.78 Å². The van der Waals surface area contributed by atoms with Crippen LogP contribution in [0.1, 0.15) is 15.9 Å². The van der Waals surface area contributed by atoms with Gasteiger partial charge in [-0.15, -0.1) is 0 Å². The van der Waals surface area contributed by atoms with E-state index in [1.54, 1.807) is 54.3 Å². The maximum atomic E-state index is 13.9. The fraction of sp³-hybridized carbons (Fsp3) is 0.154. The zero-order chi connectivity index (χ0) is 24.5. The van der Waals surface area contributed by atoms with E-state index in [1.807, 2.05) is 30.3 Å². The predicted octanol–water partition coefficient (Wildman–Crippen LogP) is 4.67. The Kier molecular flexibility index (Phi) is 5.66. The maximum absolute atomic E-state index is 13.9. The minimum absolute atomic E-state index is 0.0573. The van der Waals surface area contributed by atoms with Crippen LogP contribution in [-0.2, 0) is 6.42 Å². The van der Waals surface area contributed by atoms with E-state index >= 15 is 0 Å². The number of anilines is 1. The quantitative estimate of drug-likeness (QED) is 0.300. The molecule has 0 saturated carbocycles. The molecule has 9 nitrogen and oxygen atoms in total. The summed E-state index contributed by atoms with van der Waals surface area (Å²) in [6.07, 6.45) is 2.30. The number of non-ortho nitro benzene ring substituents is 1. The van der Waals surface area contributed by atoms with Gasteiger partial charge in [0, 0.05) is 30.4 Å². The normalized spacial score (nSPS) is 12.3. The van der Waals surface area contributed by atoms with E-state index in [-0.39, 0.29) is 11.6 Å². The molecule has 4 aromatic rings. The van der Waals surface area contributed by atoms with Gasteiger partial charge in [-0.2, -0.15) is 5.10 Å². The smallest absolute Gasteiger partial charge is 0.271 e. The van der Waals surface area contributed by atoms with Gasteiger partial charge in [-0.3, -0.25) is 14.9 Å². The molecule has 176 valence electrons. The molecular weight excluding hydrogens is 448 g/mol. The molecule has 1 aliphatic rings. The van der Waals surface area contributed by atoms with Crippen LogP contribution in [0.2, 0.25) is 0 Å². The van der Waals surface area contributed by atoms with Crippen LogP contribution in [0.25, 0.3) is 16.9 Å². The van der Waals surface area contributed by atoms with Crippen LogP contribution < -0.4 is 14.4 Å². The van der Waals surface area contributed by atoms with Crippen LogP contribution in [0.5, 0.6) is 11.5 Å².